The van der Waals surface area contributed by atoms with E-state index in [1.807, 2.05) is 44.2 Å². The molecule has 4 nitrogen and oxygen atoms in total. The molecule has 3 aromatic rings. The molecule has 1 atom stereocenters. The Morgan fingerprint density at radius 3 is 2.50 bits per heavy atom. The number of aryl methyl sites for hydroxylation is 2. The molecule has 2 N–H and O–H groups in total. The lowest BCUT2D eigenvalue weighted by Gasteiger charge is -2.35. The standard InChI is InChI=1S/C27H33N3OS/c1-19-4-9-26(20(2)16-19)27(31)29-23-5-7-25(8-6-23)30-13-10-24(11-14-30)28-21(3)17-22-12-15-32-18-22/h4-9,12,15-16,18,21,24,28H,10-11,13-14,17H2,1-3H3,(H,29,31). The minimum absolute atomic E-state index is 0.0567. The van der Waals surface area contributed by atoms with Crippen molar-refractivity contribution in [3.8, 4) is 0 Å². The Morgan fingerprint density at radius 2 is 1.84 bits per heavy atom. The Balaban J connectivity index is 1.27. The van der Waals surface area contributed by atoms with Crippen LogP contribution < -0.4 is 15.5 Å². The van der Waals surface area contributed by atoms with Crippen LogP contribution >= 0.6 is 11.3 Å². The molecule has 1 amide bonds. The molecule has 4 rings (SSSR count). The number of piperidine rings is 1. The monoisotopic (exact) mass is 447 g/mol. The minimum atomic E-state index is -0.0567. The van der Waals surface area contributed by atoms with E-state index in [-0.39, 0.29) is 5.91 Å². The van der Waals surface area contributed by atoms with E-state index in [1.165, 1.54) is 16.8 Å². The Kier molecular flexibility index (Phi) is 7.28. The van der Waals surface area contributed by atoms with Crippen LogP contribution in [0.15, 0.2) is 59.3 Å². The maximum Gasteiger partial charge on any atom is 0.255 e. The van der Waals surface area contributed by atoms with Crippen molar-refractivity contribution in [3.05, 3.63) is 81.5 Å². The number of thiophene rings is 1. The highest BCUT2D eigenvalue weighted by atomic mass is 32.1. The fourth-order valence-corrected chi connectivity index (χ4v) is 5.23. The molecule has 2 aromatic carbocycles. The second kappa shape index (κ2) is 10.3. The lowest BCUT2D eigenvalue weighted by molar-refractivity contribution is 0.102. The van der Waals surface area contributed by atoms with Gasteiger partial charge in [0.15, 0.2) is 0 Å². The van der Waals surface area contributed by atoms with Gasteiger partial charge in [0, 0.05) is 42.1 Å². The van der Waals surface area contributed by atoms with Gasteiger partial charge in [0.25, 0.3) is 5.91 Å². The zero-order chi connectivity index (χ0) is 22.5. The molecule has 1 unspecified atom stereocenters. The summed E-state index contributed by atoms with van der Waals surface area (Å²) >= 11 is 1.77. The molecule has 32 heavy (non-hydrogen) atoms. The Hall–Kier alpha value is -2.63. The molecule has 1 fully saturated rings. The Labute approximate surface area is 195 Å². The van der Waals surface area contributed by atoms with E-state index < -0.39 is 0 Å². The number of anilines is 2. The van der Waals surface area contributed by atoms with E-state index >= 15 is 0 Å². The molecule has 5 heteroatoms. The minimum Gasteiger partial charge on any atom is -0.371 e. The van der Waals surface area contributed by atoms with E-state index in [1.54, 1.807) is 11.3 Å². The summed E-state index contributed by atoms with van der Waals surface area (Å²) in [5.41, 5.74) is 6.37. The summed E-state index contributed by atoms with van der Waals surface area (Å²) in [4.78, 5) is 15.1. The van der Waals surface area contributed by atoms with E-state index in [2.05, 4.69) is 51.4 Å². The molecule has 1 aromatic heterocycles. The molecule has 1 saturated heterocycles. The van der Waals surface area contributed by atoms with Crippen molar-refractivity contribution in [1.82, 2.24) is 5.32 Å². The molecule has 1 aliphatic rings. The first kappa shape index (κ1) is 22.6. The molecule has 1 aliphatic heterocycles. The van der Waals surface area contributed by atoms with Crippen molar-refractivity contribution in [2.24, 2.45) is 0 Å². The number of rotatable bonds is 7. The number of nitrogens with zero attached hydrogens (tertiary/aromatic N) is 1. The highest BCUT2D eigenvalue weighted by Gasteiger charge is 2.21. The summed E-state index contributed by atoms with van der Waals surface area (Å²) in [6.45, 7) is 8.41. The number of benzene rings is 2. The van der Waals surface area contributed by atoms with Gasteiger partial charge in [-0.2, -0.15) is 11.3 Å². The summed E-state index contributed by atoms with van der Waals surface area (Å²) < 4.78 is 0. The third kappa shape index (κ3) is 5.78. The summed E-state index contributed by atoms with van der Waals surface area (Å²) in [5.74, 6) is -0.0567. The average Bonchev–Trinajstić information content (AvgIpc) is 3.27. The molecule has 0 bridgehead atoms. The topological polar surface area (TPSA) is 44.4 Å². The first-order valence-electron chi connectivity index (χ1n) is 11.5. The van der Waals surface area contributed by atoms with Crippen LogP contribution in [0.2, 0.25) is 0 Å². The number of hydrogen-bond donors (Lipinski definition) is 2. The Morgan fingerprint density at radius 1 is 1.09 bits per heavy atom. The van der Waals surface area contributed by atoms with Crippen LogP contribution in [-0.2, 0) is 6.42 Å². The zero-order valence-corrected chi connectivity index (χ0v) is 20.0. The summed E-state index contributed by atoms with van der Waals surface area (Å²) in [6.07, 6.45) is 3.40. The van der Waals surface area contributed by atoms with Crippen LogP contribution in [0, 0.1) is 13.8 Å². The first-order chi connectivity index (χ1) is 15.5. The fourth-order valence-electron chi connectivity index (χ4n) is 4.55. The summed E-state index contributed by atoms with van der Waals surface area (Å²) in [7, 11) is 0. The number of amides is 1. The van der Waals surface area contributed by atoms with Crippen molar-refractivity contribution in [2.75, 3.05) is 23.3 Å². The molecular weight excluding hydrogens is 414 g/mol. The van der Waals surface area contributed by atoms with Gasteiger partial charge in [-0.3, -0.25) is 4.79 Å². The molecule has 0 radical (unpaired) electrons. The number of carbonyl (C=O) groups is 1. The maximum atomic E-state index is 12.6. The van der Waals surface area contributed by atoms with Gasteiger partial charge in [-0.15, -0.1) is 0 Å². The van der Waals surface area contributed by atoms with Crippen LogP contribution in [0.25, 0.3) is 0 Å². The highest BCUT2D eigenvalue weighted by Crippen LogP contribution is 2.23. The van der Waals surface area contributed by atoms with Crippen molar-refractivity contribution in [3.63, 3.8) is 0 Å². The molecular formula is C27H33N3OS. The lowest BCUT2D eigenvalue weighted by atomic mass is 10.0. The number of nitrogens with one attached hydrogen (secondary N) is 2. The van der Waals surface area contributed by atoms with Crippen LogP contribution in [0.4, 0.5) is 11.4 Å². The van der Waals surface area contributed by atoms with Gasteiger partial charge in [0.05, 0.1) is 0 Å². The number of hydrogen-bond acceptors (Lipinski definition) is 4. The van der Waals surface area contributed by atoms with E-state index in [0.29, 0.717) is 12.1 Å². The second-order valence-electron chi connectivity index (χ2n) is 8.98. The third-order valence-electron chi connectivity index (χ3n) is 6.25. The lowest BCUT2D eigenvalue weighted by Crippen LogP contribution is -2.46. The van der Waals surface area contributed by atoms with Crippen molar-refractivity contribution in [2.45, 2.75) is 52.1 Å². The predicted molar refractivity (Wildman–Crippen MR) is 136 cm³/mol. The zero-order valence-electron chi connectivity index (χ0n) is 19.2. The number of carbonyl (C=O) groups excluding carboxylic acids is 1. The smallest absolute Gasteiger partial charge is 0.255 e. The first-order valence-corrected chi connectivity index (χ1v) is 12.4. The highest BCUT2D eigenvalue weighted by molar-refractivity contribution is 7.07. The van der Waals surface area contributed by atoms with Crippen LogP contribution in [0.5, 0.6) is 0 Å². The van der Waals surface area contributed by atoms with Crippen LogP contribution in [0.3, 0.4) is 0 Å². The summed E-state index contributed by atoms with van der Waals surface area (Å²) in [5, 5.41) is 11.2. The third-order valence-corrected chi connectivity index (χ3v) is 6.99. The second-order valence-corrected chi connectivity index (χ2v) is 9.76. The van der Waals surface area contributed by atoms with Gasteiger partial charge in [-0.1, -0.05) is 17.7 Å². The van der Waals surface area contributed by atoms with Gasteiger partial charge < -0.3 is 15.5 Å². The van der Waals surface area contributed by atoms with E-state index in [4.69, 9.17) is 0 Å². The Bertz CT molecular complexity index is 1020. The van der Waals surface area contributed by atoms with E-state index in [9.17, 15) is 4.79 Å². The molecule has 0 aliphatic carbocycles. The van der Waals surface area contributed by atoms with Crippen molar-refractivity contribution < 1.29 is 4.79 Å². The SMILES string of the molecule is Cc1ccc(C(=O)Nc2ccc(N3CCC(NC(C)Cc4ccsc4)CC3)cc2)c(C)c1. The van der Waals surface area contributed by atoms with Crippen LogP contribution in [0.1, 0.15) is 46.8 Å². The maximum absolute atomic E-state index is 12.6. The molecule has 0 spiro atoms. The molecule has 2 heterocycles. The average molecular weight is 448 g/mol. The van der Waals surface area contributed by atoms with Crippen molar-refractivity contribution in [1.29, 1.82) is 0 Å². The van der Waals surface area contributed by atoms with E-state index in [0.717, 1.165) is 49.2 Å². The van der Waals surface area contributed by atoms with Crippen LogP contribution in [-0.4, -0.2) is 31.1 Å². The molecule has 168 valence electrons. The summed E-state index contributed by atoms with van der Waals surface area (Å²) in [6, 6.07) is 17.5. The van der Waals surface area contributed by atoms with Gasteiger partial charge in [0.2, 0.25) is 0 Å². The van der Waals surface area contributed by atoms with Gasteiger partial charge >= 0.3 is 0 Å². The fraction of sp³-hybridized carbons (Fsp3) is 0.370. The molecule has 0 saturated carbocycles. The largest absolute Gasteiger partial charge is 0.371 e. The van der Waals surface area contributed by atoms with Gasteiger partial charge in [-0.05, 0) is 98.3 Å². The van der Waals surface area contributed by atoms with Gasteiger partial charge in [0.1, 0.15) is 0 Å². The van der Waals surface area contributed by atoms with Crippen molar-refractivity contribution >= 4 is 28.6 Å². The normalized spacial score (nSPS) is 15.5. The van der Waals surface area contributed by atoms with Gasteiger partial charge in [-0.25, -0.2) is 0 Å². The quantitative estimate of drug-likeness (QED) is 0.481. The predicted octanol–water partition coefficient (Wildman–Crippen LogP) is 5.81.